The zero-order valence-corrected chi connectivity index (χ0v) is 16.4. The Balaban J connectivity index is 1.27. The first-order valence-electron chi connectivity index (χ1n) is 10.2. The number of hydrogen-bond acceptors (Lipinski definition) is 5. The zero-order valence-electron chi connectivity index (χ0n) is 16.4. The molecule has 1 heterocycles. The number of ether oxygens (including phenoxy) is 1. The van der Waals surface area contributed by atoms with Gasteiger partial charge in [0.05, 0.1) is 11.9 Å². The van der Waals surface area contributed by atoms with Crippen LogP contribution in [0.4, 0.5) is 4.79 Å². The van der Waals surface area contributed by atoms with Gasteiger partial charge in [-0.1, -0.05) is 13.8 Å². The molecule has 0 unspecified atom stereocenters. The second-order valence-corrected chi connectivity index (χ2v) is 9.13. The van der Waals surface area contributed by atoms with Crippen LogP contribution in [0.3, 0.4) is 0 Å². The summed E-state index contributed by atoms with van der Waals surface area (Å²) >= 11 is 0. The highest BCUT2D eigenvalue weighted by molar-refractivity contribution is 5.97. The fourth-order valence-electron chi connectivity index (χ4n) is 5.81. The van der Waals surface area contributed by atoms with E-state index in [9.17, 15) is 14.4 Å². The van der Waals surface area contributed by atoms with Gasteiger partial charge in [-0.05, 0) is 62.2 Å². The third-order valence-electron chi connectivity index (χ3n) is 6.47. The van der Waals surface area contributed by atoms with Crippen molar-refractivity contribution in [1.82, 2.24) is 20.8 Å². The van der Waals surface area contributed by atoms with E-state index in [4.69, 9.17) is 4.74 Å². The van der Waals surface area contributed by atoms with Gasteiger partial charge in [-0.3, -0.25) is 15.2 Å². The van der Waals surface area contributed by atoms with Gasteiger partial charge in [-0.15, -0.1) is 0 Å². The van der Waals surface area contributed by atoms with Crippen molar-refractivity contribution in [2.24, 2.45) is 17.8 Å². The van der Waals surface area contributed by atoms with Crippen molar-refractivity contribution < 1.29 is 19.1 Å². The predicted octanol–water partition coefficient (Wildman–Crippen LogP) is 2.48. The Bertz CT molecular complexity index is 750. The second-order valence-electron chi connectivity index (χ2n) is 9.13. The number of amides is 3. The zero-order chi connectivity index (χ0) is 19.9. The van der Waals surface area contributed by atoms with Crippen LogP contribution in [0.2, 0.25) is 0 Å². The maximum absolute atomic E-state index is 12.4. The molecule has 4 saturated carbocycles. The summed E-state index contributed by atoms with van der Waals surface area (Å²) in [6.45, 7) is 3.34. The van der Waals surface area contributed by atoms with Crippen LogP contribution < -0.4 is 10.6 Å². The molecule has 4 fully saturated rings. The molecule has 0 radical (unpaired) electrons. The highest BCUT2D eigenvalue weighted by Gasteiger charge is 2.51. The molecule has 4 aliphatic rings. The Morgan fingerprint density at radius 1 is 1.18 bits per heavy atom. The van der Waals surface area contributed by atoms with Crippen LogP contribution in [0.25, 0.3) is 0 Å². The Morgan fingerprint density at radius 3 is 2.36 bits per heavy atom. The third kappa shape index (κ3) is 3.77. The average molecular weight is 388 g/mol. The number of esters is 1. The summed E-state index contributed by atoms with van der Waals surface area (Å²) < 4.78 is 5.04. The van der Waals surface area contributed by atoms with Crippen LogP contribution in [0.15, 0.2) is 6.20 Å². The maximum Gasteiger partial charge on any atom is 0.342 e. The monoisotopic (exact) mass is 388 g/mol. The molecule has 4 bridgehead atoms. The van der Waals surface area contributed by atoms with E-state index in [1.54, 1.807) is 0 Å². The number of nitrogens with one attached hydrogen (secondary N) is 3. The number of aromatic nitrogens is 2. The van der Waals surface area contributed by atoms with Gasteiger partial charge < -0.3 is 10.1 Å². The van der Waals surface area contributed by atoms with E-state index in [2.05, 4.69) is 20.8 Å². The quantitative estimate of drug-likeness (QED) is 0.671. The topological polar surface area (TPSA) is 113 Å². The minimum absolute atomic E-state index is 0.0740. The molecule has 3 amide bonds. The third-order valence-corrected chi connectivity index (χ3v) is 6.47. The largest absolute Gasteiger partial charge is 0.452 e. The van der Waals surface area contributed by atoms with E-state index < -0.39 is 24.5 Å². The summed E-state index contributed by atoms with van der Waals surface area (Å²) in [6, 6.07) is -0.492. The molecule has 8 heteroatoms. The Morgan fingerprint density at radius 2 is 1.79 bits per heavy atom. The van der Waals surface area contributed by atoms with Crippen molar-refractivity contribution in [1.29, 1.82) is 0 Å². The van der Waals surface area contributed by atoms with E-state index >= 15 is 0 Å². The summed E-state index contributed by atoms with van der Waals surface area (Å²) in [5.74, 6) is 0.916. The minimum Gasteiger partial charge on any atom is -0.452 e. The highest BCUT2D eigenvalue weighted by Crippen LogP contribution is 2.55. The fraction of sp³-hybridized carbons (Fsp3) is 0.700. The summed E-state index contributed by atoms with van der Waals surface area (Å²) in [7, 11) is 0. The van der Waals surface area contributed by atoms with Gasteiger partial charge in [-0.25, -0.2) is 9.59 Å². The van der Waals surface area contributed by atoms with Gasteiger partial charge in [0, 0.05) is 5.54 Å². The lowest BCUT2D eigenvalue weighted by Crippen LogP contribution is -2.62. The van der Waals surface area contributed by atoms with Crippen LogP contribution >= 0.6 is 0 Å². The first-order valence-corrected chi connectivity index (χ1v) is 10.2. The molecular formula is C20H28N4O4. The number of hydrogen-bond donors (Lipinski definition) is 3. The second kappa shape index (κ2) is 7.22. The molecule has 3 N–H and O–H groups in total. The van der Waals surface area contributed by atoms with Crippen LogP contribution in [-0.2, 0) is 9.53 Å². The van der Waals surface area contributed by atoms with Gasteiger partial charge in [0.15, 0.2) is 6.61 Å². The standard InChI is InChI=1S/C20H28N4O4/c1-11(2)17-15(9-21-24-17)18(26)28-10-16(25)22-19(27)23-20-6-12-3-13(7-20)5-14(4-12)8-20/h9,11-14H,3-8,10H2,1-2H3,(H,21,24)(H2,22,23,25,27). The lowest BCUT2D eigenvalue weighted by molar-refractivity contribution is -0.123. The number of H-pyrrole nitrogens is 1. The summed E-state index contributed by atoms with van der Waals surface area (Å²) in [5, 5.41) is 12.0. The molecule has 8 nitrogen and oxygen atoms in total. The van der Waals surface area contributed by atoms with E-state index in [1.165, 1.54) is 25.5 Å². The number of carbonyl (C=O) groups excluding carboxylic acids is 3. The number of aromatic amines is 1. The first kappa shape index (κ1) is 19.0. The van der Waals surface area contributed by atoms with E-state index in [0.717, 1.165) is 19.3 Å². The molecule has 4 aliphatic carbocycles. The number of nitrogens with zero attached hydrogens (tertiary/aromatic N) is 1. The Hall–Kier alpha value is -2.38. The molecule has 5 rings (SSSR count). The van der Waals surface area contributed by atoms with E-state index in [1.807, 2.05) is 13.8 Å². The molecular weight excluding hydrogens is 360 g/mol. The Labute approximate surface area is 164 Å². The average Bonchev–Trinajstić information content (AvgIpc) is 3.08. The normalized spacial score (nSPS) is 30.3. The van der Waals surface area contributed by atoms with Crippen molar-refractivity contribution >= 4 is 17.9 Å². The molecule has 1 aromatic rings. The Kier molecular flexibility index (Phi) is 4.89. The summed E-state index contributed by atoms with van der Waals surface area (Å²) in [6.07, 6.45) is 8.25. The van der Waals surface area contributed by atoms with Crippen LogP contribution in [-0.4, -0.2) is 40.3 Å². The maximum atomic E-state index is 12.4. The summed E-state index contributed by atoms with van der Waals surface area (Å²) in [5.41, 5.74) is 0.796. The molecule has 0 spiro atoms. The minimum atomic E-state index is -0.634. The molecule has 1 aromatic heterocycles. The lowest BCUT2D eigenvalue weighted by atomic mass is 9.53. The SMILES string of the molecule is CC(C)c1[nH]ncc1C(=O)OCC(=O)NC(=O)NC12CC3CC(CC(C3)C1)C2. The smallest absolute Gasteiger partial charge is 0.342 e. The van der Waals surface area contributed by atoms with Crippen molar-refractivity contribution in [3.8, 4) is 0 Å². The van der Waals surface area contributed by atoms with Crippen LogP contribution in [0.5, 0.6) is 0 Å². The first-order chi connectivity index (χ1) is 13.3. The number of imide groups is 1. The van der Waals surface area contributed by atoms with E-state index in [-0.39, 0.29) is 11.5 Å². The molecule has 152 valence electrons. The highest BCUT2D eigenvalue weighted by atomic mass is 16.5. The van der Waals surface area contributed by atoms with Crippen molar-refractivity contribution in [2.45, 2.75) is 63.8 Å². The van der Waals surface area contributed by atoms with Crippen molar-refractivity contribution in [3.63, 3.8) is 0 Å². The van der Waals surface area contributed by atoms with Gasteiger partial charge in [0.2, 0.25) is 0 Å². The van der Waals surface area contributed by atoms with Crippen LogP contribution in [0.1, 0.15) is 74.3 Å². The molecule has 0 saturated heterocycles. The molecule has 0 atom stereocenters. The number of rotatable bonds is 5. The van der Waals surface area contributed by atoms with Gasteiger partial charge in [0.1, 0.15) is 5.56 Å². The molecule has 28 heavy (non-hydrogen) atoms. The van der Waals surface area contributed by atoms with Gasteiger partial charge in [-0.2, -0.15) is 5.10 Å². The van der Waals surface area contributed by atoms with Crippen molar-refractivity contribution in [2.75, 3.05) is 6.61 Å². The van der Waals surface area contributed by atoms with Crippen molar-refractivity contribution in [3.05, 3.63) is 17.5 Å². The fourth-order valence-corrected chi connectivity index (χ4v) is 5.81. The predicted molar refractivity (Wildman–Crippen MR) is 101 cm³/mol. The van der Waals surface area contributed by atoms with Gasteiger partial charge in [0.25, 0.3) is 5.91 Å². The van der Waals surface area contributed by atoms with E-state index in [0.29, 0.717) is 29.0 Å². The lowest BCUT2D eigenvalue weighted by Gasteiger charge is -2.56. The van der Waals surface area contributed by atoms with Gasteiger partial charge >= 0.3 is 12.0 Å². The summed E-state index contributed by atoms with van der Waals surface area (Å²) in [4.78, 5) is 36.6. The molecule has 0 aliphatic heterocycles. The number of urea groups is 1. The number of carbonyl (C=O) groups is 3. The van der Waals surface area contributed by atoms with Crippen LogP contribution in [0, 0.1) is 17.8 Å². The molecule has 0 aromatic carbocycles.